The van der Waals surface area contributed by atoms with E-state index in [1.807, 2.05) is 26.8 Å². The van der Waals surface area contributed by atoms with Gasteiger partial charge >= 0.3 is 0 Å². The molecule has 0 aliphatic carbocycles. The molecule has 0 amide bonds. The fourth-order valence-corrected chi connectivity index (χ4v) is 1.65. The van der Waals surface area contributed by atoms with Crippen molar-refractivity contribution >= 4 is 28.3 Å². The van der Waals surface area contributed by atoms with Crippen LogP contribution < -0.4 is 0 Å². The summed E-state index contributed by atoms with van der Waals surface area (Å²) < 4.78 is 0. The first-order valence-corrected chi connectivity index (χ1v) is 5.62. The number of ketones is 1. The van der Waals surface area contributed by atoms with E-state index in [1.54, 1.807) is 6.07 Å². The van der Waals surface area contributed by atoms with Gasteiger partial charge in [-0.15, -0.1) is 0 Å². The van der Waals surface area contributed by atoms with Crippen LogP contribution in [-0.2, 0) is 0 Å². The molecule has 1 heterocycles. The maximum absolute atomic E-state index is 11.2. The molecule has 0 aliphatic heterocycles. The molecule has 0 aliphatic rings. The van der Waals surface area contributed by atoms with Gasteiger partial charge in [-0.2, -0.15) is 5.10 Å². The van der Waals surface area contributed by atoms with Crippen molar-refractivity contribution in [3.8, 4) is 0 Å². The molecule has 0 fully saturated rings. The van der Waals surface area contributed by atoms with E-state index in [0.29, 0.717) is 10.7 Å². The number of benzene rings is 1. The van der Waals surface area contributed by atoms with Gasteiger partial charge in [0.15, 0.2) is 5.78 Å². The summed E-state index contributed by atoms with van der Waals surface area (Å²) in [6, 6.07) is 3.58. The van der Waals surface area contributed by atoms with Crippen molar-refractivity contribution in [1.29, 1.82) is 0 Å². The van der Waals surface area contributed by atoms with Gasteiger partial charge in [0.1, 0.15) is 5.15 Å². The lowest BCUT2D eigenvalue weighted by atomic mass is 10.1. The molecule has 0 atom stereocenters. The van der Waals surface area contributed by atoms with Gasteiger partial charge in [-0.1, -0.05) is 25.4 Å². The number of halogens is 1. The second-order valence-electron chi connectivity index (χ2n) is 3.28. The van der Waals surface area contributed by atoms with Crippen molar-refractivity contribution in [3.05, 3.63) is 28.4 Å². The molecule has 16 heavy (non-hydrogen) atoms. The molecule has 1 aromatic carbocycles. The molecule has 0 radical (unpaired) electrons. The van der Waals surface area contributed by atoms with Crippen LogP contribution in [0.1, 0.15) is 36.7 Å². The van der Waals surface area contributed by atoms with Gasteiger partial charge in [-0.3, -0.25) is 9.89 Å². The monoisotopic (exact) mass is 238 g/mol. The van der Waals surface area contributed by atoms with Crippen LogP contribution in [0.2, 0.25) is 5.15 Å². The van der Waals surface area contributed by atoms with Gasteiger partial charge in [0.2, 0.25) is 0 Å². The zero-order valence-electron chi connectivity index (χ0n) is 9.89. The number of nitrogens with one attached hydrogen (secondary N) is 1. The first kappa shape index (κ1) is 12.7. The Balaban J connectivity index is 0.000000606. The molecule has 1 aromatic heterocycles. The molecule has 86 valence electrons. The molecular formula is C12H15ClN2O. The summed E-state index contributed by atoms with van der Waals surface area (Å²) in [6.07, 6.45) is 0. The summed E-state index contributed by atoms with van der Waals surface area (Å²) in [4.78, 5) is 11.2. The van der Waals surface area contributed by atoms with Crippen molar-refractivity contribution in [3.63, 3.8) is 0 Å². The van der Waals surface area contributed by atoms with Crippen LogP contribution in [-0.4, -0.2) is 16.0 Å². The number of rotatable bonds is 1. The third kappa shape index (κ3) is 2.25. The van der Waals surface area contributed by atoms with E-state index in [-0.39, 0.29) is 5.78 Å². The van der Waals surface area contributed by atoms with Gasteiger partial charge in [-0.25, -0.2) is 0 Å². The Morgan fingerprint density at radius 2 is 2.00 bits per heavy atom. The van der Waals surface area contributed by atoms with E-state index in [1.165, 1.54) is 6.92 Å². The Bertz CT molecular complexity index is 517. The van der Waals surface area contributed by atoms with Crippen LogP contribution in [0.5, 0.6) is 0 Å². The lowest BCUT2D eigenvalue weighted by Gasteiger charge is -1.99. The summed E-state index contributed by atoms with van der Waals surface area (Å²) >= 11 is 5.89. The Morgan fingerprint density at radius 1 is 1.38 bits per heavy atom. The molecule has 4 heteroatoms. The van der Waals surface area contributed by atoms with E-state index in [2.05, 4.69) is 10.2 Å². The summed E-state index contributed by atoms with van der Waals surface area (Å²) in [5, 5.41) is 8.02. The number of aromatic nitrogens is 2. The normalized spacial score (nSPS) is 9.81. The van der Waals surface area contributed by atoms with Gasteiger partial charge in [0.05, 0.1) is 5.52 Å². The van der Waals surface area contributed by atoms with Crippen LogP contribution >= 0.6 is 11.6 Å². The standard InChI is InChI=1S/C10H9ClN2O.C2H6/c1-5-3-7(6(2)14)4-8-9(5)12-13-10(8)11;1-2/h3-4H,1-2H3,(H,12,13);1-2H3. The molecular weight excluding hydrogens is 224 g/mol. The second kappa shape index (κ2) is 5.12. The number of hydrogen-bond donors (Lipinski definition) is 1. The number of carbonyl (C=O) groups is 1. The smallest absolute Gasteiger partial charge is 0.159 e. The predicted octanol–water partition coefficient (Wildman–Crippen LogP) is 3.75. The van der Waals surface area contributed by atoms with Crippen molar-refractivity contribution in [1.82, 2.24) is 10.2 Å². The van der Waals surface area contributed by atoms with Crippen molar-refractivity contribution < 1.29 is 4.79 Å². The highest BCUT2D eigenvalue weighted by molar-refractivity contribution is 6.34. The zero-order chi connectivity index (χ0) is 12.3. The molecule has 2 aromatic rings. The quantitative estimate of drug-likeness (QED) is 0.769. The number of H-pyrrole nitrogens is 1. The third-order valence-corrected chi connectivity index (χ3v) is 2.50. The minimum Gasteiger partial charge on any atom is -0.295 e. The fraction of sp³-hybridized carbons (Fsp3) is 0.333. The van der Waals surface area contributed by atoms with Crippen LogP contribution in [0.15, 0.2) is 12.1 Å². The molecule has 0 unspecified atom stereocenters. The van der Waals surface area contributed by atoms with Gasteiger partial charge < -0.3 is 0 Å². The highest BCUT2D eigenvalue weighted by atomic mass is 35.5. The predicted molar refractivity (Wildman–Crippen MR) is 67.2 cm³/mol. The van der Waals surface area contributed by atoms with Crippen LogP contribution in [0, 0.1) is 6.92 Å². The Labute approximate surface area is 99.8 Å². The van der Waals surface area contributed by atoms with Crippen molar-refractivity contribution in [2.45, 2.75) is 27.7 Å². The van der Waals surface area contributed by atoms with E-state index < -0.39 is 0 Å². The molecule has 2 rings (SSSR count). The lowest BCUT2D eigenvalue weighted by molar-refractivity contribution is 0.101. The first-order chi connectivity index (χ1) is 7.59. The molecule has 1 N–H and O–H groups in total. The molecule has 0 saturated carbocycles. The lowest BCUT2D eigenvalue weighted by Crippen LogP contribution is -1.92. The number of nitrogens with zero attached hydrogens (tertiary/aromatic N) is 1. The Morgan fingerprint density at radius 3 is 2.56 bits per heavy atom. The van der Waals surface area contributed by atoms with Crippen molar-refractivity contribution in [2.24, 2.45) is 0 Å². The second-order valence-corrected chi connectivity index (χ2v) is 3.66. The summed E-state index contributed by atoms with van der Waals surface area (Å²) in [7, 11) is 0. The number of hydrogen-bond acceptors (Lipinski definition) is 2. The van der Waals surface area contributed by atoms with E-state index in [0.717, 1.165) is 16.5 Å². The summed E-state index contributed by atoms with van der Waals surface area (Å²) in [6.45, 7) is 7.44. The van der Waals surface area contributed by atoms with Gasteiger partial charge in [-0.05, 0) is 31.5 Å². The van der Waals surface area contributed by atoms with Crippen LogP contribution in [0.4, 0.5) is 0 Å². The number of aromatic amines is 1. The van der Waals surface area contributed by atoms with Crippen LogP contribution in [0.3, 0.4) is 0 Å². The molecule has 0 spiro atoms. The van der Waals surface area contributed by atoms with E-state index >= 15 is 0 Å². The minimum absolute atomic E-state index is 0.0345. The van der Waals surface area contributed by atoms with E-state index in [4.69, 9.17) is 11.6 Å². The molecule has 0 bridgehead atoms. The summed E-state index contributed by atoms with van der Waals surface area (Å²) in [5.74, 6) is 0.0345. The first-order valence-electron chi connectivity index (χ1n) is 5.25. The maximum atomic E-state index is 11.2. The SMILES string of the molecule is CC.CC(=O)c1cc(C)c2n[nH]c(Cl)c2c1. The molecule has 0 saturated heterocycles. The van der Waals surface area contributed by atoms with Gasteiger partial charge in [0, 0.05) is 10.9 Å². The number of Topliss-reactive ketones (excluding diaryl/α,β-unsaturated/α-hetero) is 1. The topological polar surface area (TPSA) is 45.8 Å². The average Bonchev–Trinajstić information content (AvgIpc) is 2.64. The maximum Gasteiger partial charge on any atom is 0.159 e. The highest BCUT2D eigenvalue weighted by Crippen LogP contribution is 2.24. The number of aryl methyl sites for hydroxylation is 1. The largest absolute Gasteiger partial charge is 0.295 e. The average molecular weight is 239 g/mol. The number of fused-ring (bicyclic) bond motifs is 1. The minimum atomic E-state index is 0.0345. The van der Waals surface area contributed by atoms with E-state index in [9.17, 15) is 4.79 Å². The van der Waals surface area contributed by atoms with Gasteiger partial charge in [0.25, 0.3) is 0 Å². The summed E-state index contributed by atoms with van der Waals surface area (Å²) in [5.41, 5.74) is 2.44. The van der Waals surface area contributed by atoms with Crippen LogP contribution in [0.25, 0.3) is 10.9 Å². The highest BCUT2D eigenvalue weighted by Gasteiger charge is 2.09. The Hall–Kier alpha value is -1.35. The molecule has 3 nitrogen and oxygen atoms in total. The fourth-order valence-electron chi connectivity index (χ4n) is 1.46. The number of carbonyl (C=O) groups excluding carboxylic acids is 1. The Kier molecular flexibility index (Phi) is 4.07. The zero-order valence-corrected chi connectivity index (χ0v) is 10.6. The van der Waals surface area contributed by atoms with Crippen molar-refractivity contribution in [2.75, 3.05) is 0 Å². The third-order valence-electron chi connectivity index (χ3n) is 2.21.